The van der Waals surface area contributed by atoms with E-state index in [0.717, 1.165) is 5.57 Å². The number of primary amides is 1. The summed E-state index contributed by atoms with van der Waals surface area (Å²) in [6.07, 6.45) is 5.06. The summed E-state index contributed by atoms with van der Waals surface area (Å²) in [5.41, 5.74) is 2.41. The van der Waals surface area contributed by atoms with Gasteiger partial charge in [-0.25, -0.2) is 4.39 Å². The largest absolute Gasteiger partial charge is 0.390 e. The number of aliphatic hydroxyl groups excluding tert-OH is 1. The minimum absolute atomic E-state index is 0.0993. The predicted octanol–water partition coefficient (Wildman–Crippen LogP) is 2.27. The lowest BCUT2D eigenvalue weighted by atomic mass is 9.45. The lowest BCUT2D eigenvalue weighted by molar-refractivity contribution is -0.195. The zero-order valence-corrected chi connectivity index (χ0v) is 16.6. The third-order valence-corrected chi connectivity index (χ3v) is 8.51. The molecule has 0 aromatic carbocycles. The number of ketones is 2. The highest BCUT2D eigenvalue weighted by Gasteiger charge is 2.71. The van der Waals surface area contributed by atoms with Crippen LogP contribution in [0.2, 0.25) is 0 Å². The maximum absolute atomic E-state index is 16.9. The lowest BCUT2D eigenvalue weighted by Crippen LogP contribution is -2.67. The number of halogens is 1. The number of amides is 1. The van der Waals surface area contributed by atoms with Gasteiger partial charge in [-0.1, -0.05) is 25.5 Å². The van der Waals surface area contributed by atoms with E-state index in [-0.39, 0.29) is 24.0 Å². The predicted molar refractivity (Wildman–Crippen MR) is 101 cm³/mol. The van der Waals surface area contributed by atoms with E-state index in [0.29, 0.717) is 19.3 Å². The number of alkyl halides is 1. The number of hydrogen-bond acceptors (Lipinski definition) is 4. The summed E-state index contributed by atoms with van der Waals surface area (Å²) in [5, 5.41) is 11.1. The maximum Gasteiger partial charge on any atom is 0.285 e. The quantitative estimate of drug-likeness (QED) is 0.708. The molecule has 0 saturated heterocycles. The first-order valence-corrected chi connectivity index (χ1v) is 10.1. The molecule has 6 heteroatoms. The monoisotopic (exact) mass is 389 g/mol. The van der Waals surface area contributed by atoms with Crippen LogP contribution < -0.4 is 5.73 Å². The molecule has 4 aliphatic carbocycles. The number of hydrogen-bond donors (Lipinski definition) is 2. The van der Waals surface area contributed by atoms with Crippen LogP contribution in [-0.2, 0) is 14.4 Å². The van der Waals surface area contributed by atoms with Crippen LogP contribution in [0, 0.1) is 34.5 Å². The van der Waals surface area contributed by atoms with Gasteiger partial charge in [0.2, 0.25) is 5.78 Å². The van der Waals surface area contributed by atoms with Gasteiger partial charge in [0.1, 0.15) is 0 Å². The fourth-order valence-electron chi connectivity index (χ4n) is 7.29. The van der Waals surface area contributed by atoms with Gasteiger partial charge in [-0.2, -0.15) is 0 Å². The molecule has 0 bridgehead atoms. The minimum atomic E-state index is -1.91. The second-order valence-corrected chi connectivity index (χ2v) is 9.77. The second kappa shape index (κ2) is 5.85. The average Bonchev–Trinajstić information content (AvgIpc) is 2.86. The van der Waals surface area contributed by atoms with E-state index < -0.39 is 46.1 Å². The molecule has 0 spiro atoms. The number of carbonyl (C=O) groups is 3. The SMILES string of the molecule is CC1C[C@H]2[C@@H]3CCC4=CC(=O)C=C[C@]4(C)[C@@]3(F)C(O)C[C@]2(C)[C@H]1C(=O)C(N)=O. The standard InChI is InChI=1S/C22H28FNO4/c1-11-8-15-14-5-4-12-9-13(25)6-7-21(12,3)22(14,23)16(26)10-20(15,2)17(11)18(27)19(24)28/h6-7,9,11,14-17,26H,4-5,8,10H2,1-3H3,(H2,24,28)/t11?,14-,15-,16?,17+,20-,21-,22-/m0/s1. The first-order chi connectivity index (χ1) is 13.0. The van der Waals surface area contributed by atoms with Crippen LogP contribution in [0.4, 0.5) is 4.39 Å². The number of rotatable bonds is 2. The van der Waals surface area contributed by atoms with E-state index in [9.17, 15) is 19.5 Å². The number of aliphatic hydroxyl groups is 1. The molecule has 3 fully saturated rings. The maximum atomic E-state index is 16.9. The van der Waals surface area contributed by atoms with Crippen molar-refractivity contribution in [2.75, 3.05) is 0 Å². The van der Waals surface area contributed by atoms with Gasteiger partial charge in [0.05, 0.1) is 6.10 Å². The van der Waals surface area contributed by atoms with E-state index >= 15 is 4.39 Å². The normalized spacial score (nSPS) is 49.7. The Kier molecular flexibility index (Phi) is 4.07. The van der Waals surface area contributed by atoms with Crippen molar-refractivity contribution < 1.29 is 23.9 Å². The minimum Gasteiger partial charge on any atom is -0.390 e. The molecule has 3 saturated carbocycles. The molecule has 4 rings (SSSR count). The molecule has 0 heterocycles. The van der Waals surface area contributed by atoms with Gasteiger partial charge in [-0.3, -0.25) is 14.4 Å². The van der Waals surface area contributed by atoms with Crippen LogP contribution in [0.3, 0.4) is 0 Å². The smallest absolute Gasteiger partial charge is 0.285 e. The Morgan fingerprint density at radius 2 is 1.96 bits per heavy atom. The van der Waals surface area contributed by atoms with Crippen LogP contribution in [0.15, 0.2) is 23.8 Å². The van der Waals surface area contributed by atoms with E-state index in [2.05, 4.69) is 0 Å². The Bertz CT molecular complexity index is 834. The zero-order chi connectivity index (χ0) is 20.6. The van der Waals surface area contributed by atoms with Gasteiger partial charge in [-0.15, -0.1) is 0 Å². The van der Waals surface area contributed by atoms with Crippen molar-refractivity contribution in [2.24, 2.45) is 40.2 Å². The summed E-state index contributed by atoms with van der Waals surface area (Å²) < 4.78 is 16.9. The number of fused-ring (bicyclic) bond motifs is 5. The molecular weight excluding hydrogens is 361 g/mol. The van der Waals surface area contributed by atoms with Crippen LogP contribution in [-0.4, -0.2) is 34.4 Å². The Morgan fingerprint density at radius 1 is 1.29 bits per heavy atom. The highest BCUT2D eigenvalue weighted by atomic mass is 19.1. The Morgan fingerprint density at radius 3 is 2.61 bits per heavy atom. The number of nitrogens with two attached hydrogens (primary N) is 1. The molecule has 4 aliphatic rings. The fraction of sp³-hybridized carbons (Fsp3) is 0.682. The van der Waals surface area contributed by atoms with Crippen molar-refractivity contribution in [2.45, 2.75) is 58.2 Å². The van der Waals surface area contributed by atoms with Gasteiger partial charge in [0, 0.05) is 17.3 Å². The molecule has 0 aromatic heterocycles. The Balaban J connectivity index is 1.80. The third kappa shape index (κ3) is 2.18. The molecule has 152 valence electrons. The van der Waals surface area contributed by atoms with Gasteiger partial charge in [0.15, 0.2) is 11.5 Å². The average molecular weight is 389 g/mol. The molecule has 0 aliphatic heterocycles. The van der Waals surface area contributed by atoms with Crippen molar-refractivity contribution in [1.82, 2.24) is 0 Å². The molecule has 2 unspecified atom stereocenters. The third-order valence-electron chi connectivity index (χ3n) is 8.51. The summed E-state index contributed by atoms with van der Waals surface area (Å²) in [6, 6.07) is 0. The van der Waals surface area contributed by atoms with Crippen molar-refractivity contribution in [3.05, 3.63) is 23.8 Å². The summed E-state index contributed by atoms with van der Waals surface area (Å²) in [7, 11) is 0. The zero-order valence-electron chi connectivity index (χ0n) is 16.6. The van der Waals surface area contributed by atoms with E-state index in [1.165, 1.54) is 12.2 Å². The van der Waals surface area contributed by atoms with Crippen molar-refractivity contribution >= 4 is 17.5 Å². The van der Waals surface area contributed by atoms with Gasteiger partial charge in [-0.05, 0) is 62.0 Å². The molecular formula is C22H28FNO4. The van der Waals surface area contributed by atoms with Crippen LogP contribution in [0.1, 0.15) is 46.5 Å². The number of Topliss-reactive ketones (excluding diaryl/α,β-unsaturated/α-hetero) is 1. The van der Waals surface area contributed by atoms with E-state index in [4.69, 9.17) is 5.73 Å². The number of carbonyl (C=O) groups excluding carboxylic acids is 3. The first-order valence-electron chi connectivity index (χ1n) is 10.1. The summed E-state index contributed by atoms with van der Waals surface area (Å²) >= 11 is 0. The lowest BCUT2D eigenvalue weighted by Gasteiger charge is -2.61. The fourth-order valence-corrected chi connectivity index (χ4v) is 7.29. The highest BCUT2D eigenvalue weighted by Crippen LogP contribution is 2.69. The van der Waals surface area contributed by atoms with Crippen molar-refractivity contribution in [3.63, 3.8) is 0 Å². The van der Waals surface area contributed by atoms with Crippen LogP contribution in [0.25, 0.3) is 0 Å². The first kappa shape index (κ1) is 19.5. The summed E-state index contributed by atoms with van der Waals surface area (Å²) in [4.78, 5) is 36.0. The van der Waals surface area contributed by atoms with Crippen molar-refractivity contribution in [3.8, 4) is 0 Å². The molecule has 3 N–H and O–H groups in total. The van der Waals surface area contributed by atoms with E-state index in [1.54, 1.807) is 13.0 Å². The molecule has 0 radical (unpaired) electrons. The van der Waals surface area contributed by atoms with E-state index in [1.807, 2.05) is 13.8 Å². The summed E-state index contributed by atoms with van der Waals surface area (Å²) in [6.45, 7) is 5.59. The van der Waals surface area contributed by atoms with Gasteiger partial charge >= 0.3 is 0 Å². The molecule has 8 atom stereocenters. The van der Waals surface area contributed by atoms with Gasteiger partial charge in [0.25, 0.3) is 5.91 Å². The molecule has 1 amide bonds. The molecule has 5 nitrogen and oxygen atoms in total. The highest BCUT2D eigenvalue weighted by molar-refractivity contribution is 6.36. The Hall–Kier alpha value is -1.82. The molecule has 0 aromatic rings. The topological polar surface area (TPSA) is 97.5 Å². The van der Waals surface area contributed by atoms with Gasteiger partial charge < -0.3 is 10.8 Å². The second-order valence-electron chi connectivity index (χ2n) is 9.77. The Labute approximate surface area is 164 Å². The van der Waals surface area contributed by atoms with Crippen LogP contribution in [0.5, 0.6) is 0 Å². The summed E-state index contributed by atoms with van der Waals surface area (Å²) in [5.74, 6) is -2.99. The van der Waals surface area contributed by atoms with Crippen LogP contribution >= 0.6 is 0 Å². The number of allylic oxidation sites excluding steroid dienone is 4. The van der Waals surface area contributed by atoms with Crippen molar-refractivity contribution in [1.29, 1.82) is 0 Å². The molecule has 28 heavy (non-hydrogen) atoms.